The van der Waals surface area contributed by atoms with E-state index in [-0.39, 0.29) is 5.41 Å². The van der Waals surface area contributed by atoms with Crippen LogP contribution in [0.15, 0.2) is 12.4 Å². The highest BCUT2D eigenvalue weighted by atomic mass is 16.5. The SMILES string of the molecule is Cn1ccnc1C1(O)C[C@@H]2CC[C@@H](C1)N2CC(C)(C)CN1CCOCC1. The first-order valence-corrected chi connectivity index (χ1v) is 10.1. The van der Waals surface area contributed by atoms with Gasteiger partial charge in [0.25, 0.3) is 0 Å². The highest BCUT2D eigenvalue weighted by Crippen LogP contribution is 2.46. The molecule has 0 amide bonds. The second-order valence-corrected chi connectivity index (χ2v) is 9.41. The van der Waals surface area contributed by atoms with E-state index in [9.17, 15) is 5.11 Å². The monoisotopic (exact) mass is 362 g/mol. The van der Waals surface area contributed by atoms with Gasteiger partial charge < -0.3 is 14.4 Å². The third-order valence-electron chi connectivity index (χ3n) is 6.52. The molecule has 1 aromatic rings. The van der Waals surface area contributed by atoms with Gasteiger partial charge >= 0.3 is 0 Å². The van der Waals surface area contributed by atoms with E-state index in [2.05, 4.69) is 28.6 Å². The summed E-state index contributed by atoms with van der Waals surface area (Å²) < 4.78 is 7.47. The molecule has 0 aliphatic carbocycles. The molecule has 0 radical (unpaired) electrons. The van der Waals surface area contributed by atoms with Crippen LogP contribution >= 0.6 is 0 Å². The van der Waals surface area contributed by atoms with Crippen LogP contribution in [0.1, 0.15) is 45.4 Å². The number of fused-ring (bicyclic) bond motifs is 2. The number of hydrogen-bond donors (Lipinski definition) is 1. The molecule has 3 aliphatic heterocycles. The van der Waals surface area contributed by atoms with E-state index in [1.165, 1.54) is 12.8 Å². The molecule has 3 aliphatic rings. The largest absolute Gasteiger partial charge is 0.382 e. The number of aryl methyl sites for hydroxylation is 1. The van der Waals surface area contributed by atoms with Crippen molar-refractivity contribution in [3.05, 3.63) is 18.2 Å². The summed E-state index contributed by atoms with van der Waals surface area (Å²) in [6.07, 6.45) is 7.75. The quantitative estimate of drug-likeness (QED) is 0.862. The van der Waals surface area contributed by atoms with Gasteiger partial charge in [-0.1, -0.05) is 13.8 Å². The molecule has 1 N–H and O–H groups in total. The maximum atomic E-state index is 11.3. The van der Waals surface area contributed by atoms with E-state index in [0.29, 0.717) is 12.1 Å². The topological polar surface area (TPSA) is 53.8 Å². The molecule has 2 atom stereocenters. The average molecular weight is 363 g/mol. The van der Waals surface area contributed by atoms with E-state index in [4.69, 9.17) is 4.74 Å². The van der Waals surface area contributed by atoms with Crippen molar-refractivity contribution in [2.45, 2.75) is 57.2 Å². The summed E-state index contributed by atoms with van der Waals surface area (Å²) in [5.41, 5.74) is -0.522. The first-order chi connectivity index (χ1) is 12.4. The van der Waals surface area contributed by atoms with Crippen LogP contribution in [0.5, 0.6) is 0 Å². The predicted molar refractivity (Wildman–Crippen MR) is 101 cm³/mol. The molecular weight excluding hydrogens is 328 g/mol. The van der Waals surface area contributed by atoms with Gasteiger partial charge in [-0.05, 0) is 31.1 Å². The van der Waals surface area contributed by atoms with Gasteiger partial charge in [0.05, 0.1) is 13.2 Å². The molecule has 0 unspecified atom stereocenters. The van der Waals surface area contributed by atoms with E-state index < -0.39 is 5.60 Å². The molecule has 6 heteroatoms. The van der Waals surface area contributed by atoms with Crippen molar-refractivity contribution in [3.63, 3.8) is 0 Å². The lowest BCUT2D eigenvalue weighted by Crippen LogP contribution is -2.54. The van der Waals surface area contributed by atoms with E-state index in [1.54, 1.807) is 6.20 Å². The first-order valence-electron chi connectivity index (χ1n) is 10.1. The van der Waals surface area contributed by atoms with Gasteiger partial charge in [0, 0.05) is 57.7 Å². The standard InChI is InChI=1S/C20H34N4O2/c1-19(2,14-23-8-10-26-11-9-23)15-24-16-4-5-17(24)13-20(25,12-16)18-21-6-7-22(18)3/h6-7,16-17,25H,4-5,8-15H2,1-3H3/t16-,17-/m0/s1. The average Bonchev–Trinajstić information content (AvgIpc) is 3.10. The number of piperidine rings is 1. The van der Waals surface area contributed by atoms with E-state index in [1.807, 2.05) is 17.8 Å². The maximum Gasteiger partial charge on any atom is 0.140 e. The van der Waals surface area contributed by atoms with Gasteiger partial charge in [0.1, 0.15) is 11.4 Å². The Labute approximate surface area is 157 Å². The first kappa shape index (κ1) is 18.4. The molecule has 0 saturated carbocycles. The number of morpholine rings is 1. The molecule has 146 valence electrons. The molecule has 3 fully saturated rings. The Morgan fingerprint density at radius 3 is 2.42 bits per heavy atom. The van der Waals surface area contributed by atoms with Crippen molar-refractivity contribution in [2.24, 2.45) is 12.5 Å². The summed E-state index contributed by atoms with van der Waals surface area (Å²) in [6, 6.07) is 0.943. The highest BCUT2D eigenvalue weighted by Gasteiger charge is 2.50. The summed E-state index contributed by atoms with van der Waals surface area (Å²) in [4.78, 5) is 9.69. The fraction of sp³-hybridized carbons (Fsp3) is 0.850. The lowest BCUT2D eigenvalue weighted by Gasteiger charge is -2.47. The Balaban J connectivity index is 1.42. The van der Waals surface area contributed by atoms with Gasteiger partial charge in [0.15, 0.2) is 0 Å². The van der Waals surface area contributed by atoms with E-state index in [0.717, 1.165) is 58.1 Å². The highest BCUT2D eigenvalue weighted by molar-refractivity contribution is 5.12. The van der Waals surface area contributed by atoms with Crippen LogP contribution in [0.2, 0.25) is 0 Å². The van der Waals surface area contributed by atoms with Crippen LogP contribution in [-0.2, 0) is 17.4 Å². The minimum Gasteiger partial charge on any atom is -0.382 e. The lowest BCUT2D eigenvalue weighted by atomic mass is 9.83. The Bertz CT molecular complexity index is 609. The number of hydrogen-bond acceptors (Lipinski definition) is 5. The van der Waals surface area contributed by atoms with Crippen LogP contribution < -0.4 is 0 Å². The fourth-order valence-electron chi connectivity index (χ4n) is 5.48. The second kappa shape index (κ2) is 6.89. The zero-order valence-electron chi connectivity index (χ0n) is 16.5. The van der Waals surface area contributed by atoms with Crippen LogP contribution in [0.25, 0.3) is 0 Å². The van der Waals surface area contributed by atoms with Crippen molar-refractivity contribution in [1.82, 2.24) is 19.4 Å². The summed E-state index contributed by atoms with van der Waals surface area (Å²) in [7, 11) is 1.99. The van der Waals surface area contributed by atoms with Crippen LogP contribution in [0.3, 0.4) is 0 Å². The van der Waals surface area contributed by atoms with Gasteiger partial charge in [-0.3, -0.25) is 9.80 Å². The third kappa shape index (κ3) is 3.57. The number of imidazole rings is 1. The van der Waals surface area contributed by atoms with Crippen LogP contribution in [0.4, 0.5) is 0 Å². The molecular formula is C20H34N4O2. The zero-order chi connectivity index (χ0) is 18.4. The van der Waals surface area contributed by atoms with Crippen molar-refractivity contribution in [1.29, 1.82) is 0 Å². The number of nitrogens with zero attached hydrogens (tertiary/aromatic N) is 4. The number of ether oxygens (including phenoxy) is 1. The maximum absolute atomic E-state index is 11.3. The van der Waals surface area contributed by atoms with Gasteiger partial charge in [-0.15, -0.1) is 0 Å². The Kier molecular flexibility index (Phi) is 4.88. The van der Waals surface area contributed by atoms with Crippen molar-refractivity contribution in [3.8, 4) is 0 Å². The minimum absolute atomic E-state index is 0.247. The molecule has 3 saturated heterocycles. The number of aromatic nitrogens is 2. The lowest BCUT2D eigenvalue weighted by molar-refractivity contribution is -0.0753. The van der Waals surface area contributed by atoms with E-state index >= 15 is 0 Å². The summed E-state index contributed by atoms with van der Waals surface area (Å²) >= 11 is 0. The van der Waals surface area contributed by atoms with Crippen molar-refractivity contribution < 1.29 is 9.84 Å². The summed E-state index contributed by atoms with van der Waals surface area (Å²) in [5, 5.41) is 11.3. The fourth-order valence-corrected chi connectivity index (χ4v) is 5.48. The Hall–Kier alpha value is -0.950. The molecule has 0 aromatic carbocycles. The molecule has 0 spiro atoms. The Morgan fingerprint density at radius 2 is 1.85 bits per heavy atom. The van der Waals surface area contributed by atoms with Gasteiger partial charge in [0.2, 0.25) is 0 Å². The Morgan fingerprint density at radius 1 is 1.19 bits per heavy atom. The zero-order valence-corrected chi connectivity index (χ0v) is 16.5. The van der Waals surface area contributed by atoms with Gasteiger partial charge in [-0.2, -0.15) is 0 Å². The molecule has 4 rings (SSSR count). The van der Waals surface area contributed by atoms with Crippen LogP contribution in [-0.4, -0.2) is 75.9 Å². The summed E-state index contributed by atoms with van der Waals surface area (Å²) in [6.45, 7) is 10.8. The molecule has 6 nitrogen and oxygen atoms in total. The number of rotatable bonds is 5. The van der Waals surface area contributed by atoms with Crippen molar-refractivity contribution >= 4 is 0 Å². The third-order valence-corrected chi connectivity index (χ3v) is 6.52. The smallest absolute Gasteiger partial charge is 0.140 e. The molecule has 4 heterocycles. The van der Waals surface area contributed by atoms with Gasteiger partial charge in [-0.25, -0.2) is 4.98 Å². The molecule has 2 bridgehead atoms. The molecule has 1 aromatic heterocycles. The normalized spacial score (nSPS) is 33.7. The number of aliphatic hydroxyl groups is 1. The predicted octanol–water partition coefficient (Wildman–Crippen LogP) is 1.59. The van der Waals surface area contributed by atoms with Crippen LogP contribution in [0, 0.1) is 5.41 Å². The minimum atomic E-state index is -0.769. The van der Waals surface area contributed by atoms with Crippen molar-refractivity contribution in [2.75, 3.05) is 39.4 Å². The molecule has 26 heavy (non-hydrogen) atoms. The summed E-state index contributed by atoms with van der Waals surface area (Å²) in [5.74, 6) is 0.835. The second-order valence-electron chi connectivity index (χ2n) is 9.41.